The first kappa shape index (κ1) is 28.9. The van der Waals surface area contributed by atoms with Gasteiger partial charge in [-0.25, -0.2) is 0 Å². The summed E-state index contributed by atoms with van der Waals surface area (Å²) >= 11 is 0. The number of ether oxygens (including phenoxy) is 1. The van der Waals surface area contributed by atoms with E-state index < -0.39 is 6.10 Å². The number of aliphatic hydroxyl groups is 2. The molecule has 0 unspecified atom stereocenters. The fourth-order valence-electron chi connectivity index (χ4n) is 3.02. The molecule has 0 atom stereocenters. The van der Waals surface area contributed by atoms with Crippen molar-refractivity contribution in [3.8, 4) is 0 Å². The van der Waals surface area contributed by atoms with Crippen LogP contribution in [0.4, 0.5) is 0 Å². The summed E-state index contributed by atoms with van der Waals surface area (Å²) in [5, 5.41) is 17.7. The first-order valence-corrected chi connectivity index (χ1v) is 10.7. The van der Waals surface area contributed by atoms with E-state index in [0.717, 1.165) is 12.8 Å². The Balaban J connectivity index is 0. The maximum absolute atomic E-state index is 11.5. The number of esters is 1. The molecule has 0 saturated carbocycles. The molecule has 0 saturated heterocycles. The molecule has 0 radical (unpaired) electrons. The van der Waals surface area contributed by atoms with Gasteiger partial charge >= 0.3 is 43.7 Å². The molecule has 0 aromatic heterocycles. The standard InChI is InChI=1S/C21H42O4.Ca.2H/c1-2-3-4-5-6-7-8-9-10-11-12-13-14-15-16-17-21(24)25-20(18-22)19-23;;;/h20,22-23H,2-19H2,1H3;;;. The van der Waals surface area contributed by atoms with E-state index in [0.29, 0.717) is 6.42 Å². The van der Waals surface area contributed by atoms with Crippen LogP contribution in [0.25, 0.3) is 0 Å². The molecule has 0 amide bonds. The molecule has 2 N–H and O–H groups in total. The van der Waals surface area contributed by atoms with Crippen molar-refractivity contribution in [1.82, 2.24) is 0 Å². The van der Waals surface area contributed by atoms with Crippen molar-refractivity contribution in [1.29, 1.82) is 0 Å². The van der Waals surface area contributed by atoms with Gasteiger partial charge in [-0.15, -0.1) is 0 Å². The van der Waals surface area contributed by atoms with Crippen LogP contribution in [-0.2, 0) is 9.53 Å². The summed E-state index contributed by atoms with van der Waals surface area (Å²) in [5.74, 6) is -0.317. The monoisotopic (exact) mass is 400 g/mol. The van der Waals surface area contributed by atoms with Gasteiger partial charge in [-0.2, -0.15) is 0 Å². The maximum atomic E-state index is 11.5. The zero-order valence-corrected chi connectivity index (χ0v) is 16.5. The minimum atomic E-state index is -0.760. The van der Waals surface area contributed by atoms with Crippen LogP contribution in [0.15, 0.2) is 0 Å². The van der Waals surface area contributed by atoms with Crippen LogP contribution in [0.2, 0.25) is 0 Å². The molecule has 0 rings (SSSR count). The summed E-state index contributed by atoms with van der Waals surface area (Å²) in [6.45, 7) is 1.63. The molecule has 154 valence electrons. The van der Waals surface area contributed by atoms with Crippen molar-refractivity contribution in [2.24, 2.45) is 0 Å². The summed E-state index contributed by atoms with van der Waals surface area (Å²) in [5.41, 5.74) is 0. The molecule has 4 nitrogen and oxygen atoms in total. The molecule has 0 aromatic rings. The molecule has 0 aliphatic rings. The second kappa shape index (κ2) is 23.7. The molecule has 0 aromatic carbocycles. The van der Waals surface area contributed by atoms with E-state index >= 15 is 0 Å². The number of carbonyl (C=O) groups is 1. The third-order valence-electron chi connectivity index (χ3n) is 4.69. The van der Waals surface area contributed by atoms with Crippen LogP contribution < -0.4 is 0 Å². The molecule has 0 spiro atoms. The number of aliphatic hydroxyl groups excluding tert-OH is 2. The zero-order valence-electron chi connectivity index (χ0n) is 16.5. The van der Waals surface area contributed by atoms with Gasteiger partial charge in [0.15, 0.2) is 0 Å². The topological polar surface area (TPSA) is 66.8 Å². The molecule has 0 heterocycles. The molecular formula is C21H44CaO4. The van der Waals surface area contributed by atoms with Gasteiger partial charge in [-0.1, -0.05) is 96.8 Å². The van der Waals surface area contributed by atoms with E-state index in [9.17, 15) is 4.79 Å². The first-order chi connectivity index (χ1) is 12.2. The van der Waals surface area contributed by atoms with Gasteiger partial charge < -0.3 is 14.9 Å². The first-order valence-electron chi connectivity index (χ1n) is 10.7. The number of hydrogen-bond donors (Lipinski definition) is 2. The number of rotatable bonds is 19. The molecule has 0 aliphatic heterocycles. The molecule has 26 heavy (non-hydrogen) atoms. The molecule has 0 bridgehead atoms. The van der Waals surface area contributed by atoms with Crippen LogP contribution in [0.5, 0.6) is 0 Å². The van der Waals surface area contributed by atoms with Gasteiger partial charge in [-0.3, -0.25) is 4.79 Å². The third kappa shape index (κ3) is 21.0. The Morgan fingerprint density at radius 1 is 0.692 bits per heavy atom. The Morgan fingerprint density at radius 3 is 1.38 bits per heavy atom. The normalized spacial score (nSPS) is 10.8. The second-order valence-electron chi connectivity index (χ2n) is 7.18. The summed E-state index contributed by atoms with van der Waals surface area (Å²) in [6.07, 6.45) is 19.1. The Kier molecular flexibility index (Phi) is 26.3. The van der Waals surface area contributed by atoms with E-state index in [1.54, 1.807) is 0 Å². The van der Waals surface area contributed by atoms with Crippen molar-refractivity contribution >= 4 is 43.7 Å². The molecule has 5 heteroatoms. The van der Waals surface area contributed by atoms with Crippen LogP contribution in [0.1, 0.15) is 110 Å². The van der Waals surface area contributed by atoms with E-state index in [2.05, 4.69) is 6.92 Å². The molecule has 0 fully saturated rings. The van der Waals surface area contributed by atoms with E-state index in [1.807, 2.05) is 0 Å². The van der Waals surface area contributed by atoms with E-state index in [-0.39, 0.29) is 56.9 Å². The average molecular weight is 401 g/mol. The van der Waals surface area contributed by atoms with Crippen LogP contribution in [0, 0.1) is 0 Å². The number of carbonyl (C=O) groups excluding carboxylic acids is 1. The Morgan fingerprint density at radius 2 is 1.04 bits per heavy atom. The van der Waals surface area contributed by atoms with Crippen LogP contribution in [0.3, 0.4) is 0 Å². The molecule has 0 aliphatic carbocycles. The summed E-state index contributed by atoms with van der Waals surface area (Å²) in [4.78, 5) is 11.5. The number of hydrogen-bond acceptors (Lipinski definition) is 4. The Labute approximate surface area is 191 Å². The Bertz CT molecular complexity index is 283. The van der Waals surface area contributed by atoms with Gasteiger partial charge in [-0.05, 0) is 6.42 Å². The van der Waals surface area contributed by atoms with E-state index in [1.165, 1.54) is 83.5 Å². The Hall–Kier alpha value is 0.650. The average Bonchev–Trinajstić information content (AvgIpc) is 2.62. The van der Waals surface area contributed by atoms with Crippen LogP contribution >= 0.6 is 0 Å². The van der Waals surface area contributed by atoms with Crippen molar-refractivity contribution in [2.45, 2.75) is 116 Å². The van der Waals surface area contributed by atoms with Crippen molar-refractivity contribution in [3.63, 3.8) is 0 Å². The second-order valence-corrected chi connectivity index (χ2v) is 7.18. The van der Waals surface area contributed by atoms with E-state index in [4.69, 9.17) is 14.9 Å². The number of unbranched alkanes of at least 4 members (excludes halogenated alkanes) is 14. The van der Waals surface area contributed by atoms with Gasteiger partial charge in [0, 0.05) is 6.42 Å². The van der Waals surface area contributed by atoms with Crippen molar-refractivity contribution in [2.75, 3.05) is 13.2 Å². The predicted molar refractivity (Wildman–Crippen MR) is 112 cm³/mol. The fourth-order valence-corrected chi connectivity index (χ4v) is 3.02. The predicted octanol–water partition coefficient (Wildman–Crippen LogP) is 4.23. The molecular weight excluding hydrogens is 356 g/mol. The SMILES string of the molecule is CCCCCCCCCCCCCCCCCC(=O)OC(CO)CO.[CaH2]. The zero-order chi connectivity index (χ0) is 18.6. The summed E-state index contributed by atoms with van der Waals surface area (Å²) in [6, 6.07) is 0. The quantitative estimate of drug-likeness (QED) is 0.193. The van der Waals surface area contributed by atoms with Crippen molar-refractivity contribution in [3.05, 3.63) is 0 Å². The summed E-state index contributed by atoms with van der Waals surface area (Å²) < 4.78 is 4.93. The van der Waals surface area contributed by atoms with Gasteiger partial charge in [0.25, 0.3) is 0 Å². The van der Waals surface area contributed by atoms with Crippen LogP contribution in [-0.4, -0.2) is 73.2 Å². The minimum absolute atomic E-state index is 0. The van der Waals surface area contributed by atoms with Crippen molar-refractivity contribution < 1.29 is 19.7 Å². The summed E-state index contributed by atoms with van der Waals surface area (Å²) in [7, 11) is 0. The van der Waals surface area contributed by atoms with Gasteiger partial charge in [0.05, 0.1) is 13.2 Å². The third-order valence-corrected chi connectivity index (χ3v) is 4.69. The fraction of sp³-hybridized carbons (Fsp3) is 0.952. The van der Waals surface area contributed by atoms with Gasteiger partial charge in [0.2, 0.25) is 0 Å². The van der Waals surface area contributed by atoms with Gasteiger partial charge in [0.1, 0.15) is 6.10 Å².